The van der Waals surface area contributed by atoms with Gasteiger partial charge in [-0.1, -0.05) is 25.1 Å². The first-order valence-corrected chi connectivity index (χ1v) is 7.22. The standard InChI is InChI=1S/C17H25N3/c1-6-17(2,20(4)5)16(18-3)14-10-9-13-8-7-11-19-15(13)12-14/h7-12,16,18H,6H2,1-5H3. The average molecular weight is 271 g/mol. The Kier molecular flexibility index (Phi) is 4.41. The van der Waals surface area contributed by atoms with Gasteiger partial charge < -0.3 is 10.2 Å². The van der Waals surface area contributed by atoms with Crippen LogP contribution in [-0.2, 0) is 0 Å². The first-order chi connectivity index (χ1) is 9.52. The second-order valence-electron chi connectivity index (χ2n) is 5.78. The van der Waals surface area contributed by atoms with E-state index in [1.54, 1.807) is 0 Å². The first kappa shape index (κ1) is 14.9. The number of fused-ring (bicyclic) bond motifs is 1. The first-order valence-electron chi connectivity index (χ1n) is 7.22. The minimum absolute atomic E-state index is 0.0667. The van der Waals surface area contributed by atoms with E-state index < -0.39 is 0 Å². The fourth-order valence-corrected chi connectivity index (χ4v) is 2.88. The lowest BCUT2D eigenvalue weighted by atomic mass is 9.83. The van der Waals surface area contributed by atoms with Gasteiger partial charge in [0.15, 0.2) is 0 Å². The van der Waals surface area contributed by atoms with Gasteiger partial charge in [-0.3, -0.25) is 4.98 Å². The smallest absolute Gasteiger partial charge is 0.0705 e. The molecule has 0 radical (unpaired) electrons. The van der Waals surface area contributed by atoms with Crippen LogP contribution >= 0.6 is 0 Å². The van der Waals surface area contributed by atoms with Crippen molar-refractivity contribution < 1.29 is 0 Å². The van der Waals surface area contributed by atoms with E-state index in [1.807, 2.05) is 19.3 Å². The summed E-state index contributed by atoms with van der Waals surface area (Å²) in [5.74, 6) is 0. The topological polar surface area (TPSA) is 28.2 Å². The van der Waals surface area contributed by atoms with Crippen LogP contribution in [0.2, 0.25) is 0 Å². The van der Waals surface area contributed by atoms with E-state index in [9.17, 15) is 0 Å². The van der Waals surface area contributed by atoms with Crippen LogP contribution < -0.4 is 5.32 Å². The highest BCUT2D eigenvalue weighted by molar-refractivity contribution is 5.79. The Balaban J connectivity index is 2.48. The predicted molar refractivity (Wildman–Crippen MR) is 85.9 cm³/mol. The van der Waals surface area contributed by atoms with E-state index in [0.29, 0.717) is 0 Å². The van der Waals surface area contributed by atoms with Crippen molar-refractivity contribution in [3.05, 3.63) is 42.1 Å². The maximum absolute atomic E-state index is 4.47. The number of hydrogen-bond donors (Lipinski definition) is 1. The van der Waals surface area contributed by atoms with E-state index in [1.165, 1.54) is 10.9 Å². The minimum atomic E-state index is 0.0667. The fourth-order valence-electron chi connectivity index (χ4n) is 2.88. The molecule has 2 atom stereocenters. The minimum Gasteiger partial charge on any atom is -0.311 e. The van der Waals surface area contributed by atoms with Gasteiger partial charge in [-0.25, -0.2) is 0 Å². The van der Waals surface area contributed by atoms with Gasteiger partial charge in [-0.05, 0) is 52.2 Å². The number of nitrogens with zero attached hydrogens (tertiary/aromatic N) is 2. The molecule has 0 aliphatic carbocycles. The zero-order valence-corrected chi connectivity index (χ0v) is 13.1. The number of nitrogens with one attached hydrogen (secondary N) is 1. The van der Waals surface area contributed by atoms with Gasteiger partial charge in [-0.15, -0.1) is 0 Å². The second kappa shape index (κ2) is 5.90. The van der Waals surface area contributed by atoms with Gasteiger partial charge >= 0.3 is 0 Å². The molecule has 0 aliphatic rings. The Labute approximate surface area is 122 Å². The molecule has 1 aromatic carbocycles. The molecule has 0 spiro atoms. The summed E-state index contributed by atoms with van der Waals surface area (Å²) in [5, 5.41) is 4.68. The van der Waals surface area contributed by atoms with Gasteiger partial charge in [0.05, 0.1) is 11.6 Å². The molecule has 2 aromatic rings. The summed E-state index contributed by atoms with van der Waals surface area (Å²) < 4.78 is 0. The molecule has 0 saturated heterocycles. The summed E-state index contributed by atoms with van der Waals surface area (Å²) in [6, 6.07) is 10.9. The Bertz CT molecular complexity index is 579. The van der Waals surface area contributed by atoms with Gasteiger partial charge in [0.25, 0.3) is 0 Å². The maximum atomic E-state index is 4.47. The number of hydrogen-bond acceptors (Lipinski definition) is 3. The van der Waals surface area contributed by atoms with E-state index in [-0.39, 0.29) is 11.6 Å². The summed E-state index contributed by atoms with van der Waals surface area (Å²) in [4.78, 5) is 6.77. The molecule has 20 heavy (non-hydrogen) atoms. The molecule has 3 nitrogen and oxygen atoms in total. The number of benzene rings is 1. The van der Waals surface area contributed by atoms with Gasteiger partial charge in [-0.2, -0.15) is 0 Å². The monoisotopic (exact) mass is 271 g/mol. The molecule has 0 fully saturated rings. The van der Waals surface area contributed by atoms with Crippen LogP contribution in [0.5, 0.6) is 0 Å². The molecule has 1 N–H and O–H groups in total. The Hall–Kier alpha value is -1.45. The molecule has 0 aliphatic heterocycles. The third kappa shape index (κ3) is 2.56. The largest absolute Gasteiger partial charge is 0.311 e. The highest BCUT2D eigenvalue weighted by Crippen LogP contribution is 2.33. The third-order valence-corrected chi connectivity index (χ3v) is 4.61. The molecular formula is C17H25N3. The van der Waals surface area contributed by atoms with Crippen LogP contribution in [0.4, 0.5) is 0 Å². The van der Waals surface area contributed by atoms with Crippen molar-refractivity contribution in [2.75, 3.05) is 21.1 Å². The lowest BCUT2D eigenvalue weighted by Gasteiger charge is -2.43. The SMILES string of the molecule is CCC(C)(C(NC)c1ccc2cccnc2c1)N(C)C. The van der Waals surface area contributed by atoms with Gasteiger partial charge in [0, 0.05) is 17.1 Å². The molecule has 0 amide bonds. The predicted octanol–water partition coefficient (Wildman–Crippen LogP) is 3.23. The zero-order chi connectivity index (χ0) is 14.8. The van der Waals surface area contributed by atoms with Crippen molar-refractivity contribution in [2.24, 2.45) is 0 Å². The van der Waals surface area contributed by atoms with E-state index >= 15 is 0 Å². The molecule has 1 aromatic heterocycles. The van der Waals surface area contributed by atoms with Crippen LogP contribution in [0, 0.1) is 0 Å². The van der Waals surface area contributed by atoms with Crippen LogP contribution in [-0.4, -0.2) is 36.6 Å². The normalized spacial score (nSPS) is 16.3. The highest BCUT2D eigenvalue weighted by Gasteiger charge is 2.34. The lowest BCUT2D eigenvalue weighted by Crippen LogP contribution is -2.50. The number of aromatic nitrogens is 1. The van der Waals surface area contributed by atoms with Crippen LogP contribution in [0.1, 0.15) is 31.9 Å². The fraction of sp³-hybridized carbons (Fsp3) is 0.471. The van der Waals surface area contributed by atoms with Crippen molar-refractivity contribution in [2.45, 2.75) is 31.8 Å². The molecule has 2 rings (SSSR count). The third-order valence-electron chi connectivity index (χ3n) is 4.61. The zero-order valence-electron chi connectivity index (χ0n) is 13.1. The quantitative estimate of drug-likeness (QED) is 0.905. The lowest BCUT2D eigenvalue weighted by molar-refractivity contribution is 0.117. The van der Waals surface area contributed by atoms with Crippen LogP contribution in [0.3, 0.4) is 0 Å². The molecule has 0 bridgehead atoms. The van der Waals surface area contributed by atoms with E-state index in [4.69, 9.17) is 0 Å². The molecule has 0 saturated carbocycles. The summed E-state index contributed by atoms with van der Waals surface area (Å²) in [5.41, 5.74) is 2.41. The van der Waals surface area contributed by atoms with Crippen molar-refractivity contribution in [3.8, 4) is 0 Å². The van der Waals surface area contributed by atoms with Crippen LogP contribution in [0.15, 0.2) is 36.5 Å². The number of pyridine rings is 1. The molecule has 108 valence electrons. The summed E-state index contributed by atoms with van der Waals surface area (Å²) in [7, 11) is 6.32. The summed E-state index contributed by atoms with van der Waals surface area (Å²) >= 11 is 0. The van der Waals surface area contributed by atoms with Gasteiger partial charge in [0.1, 0.15) is 0 Å². The number of likely N-dealkylation sites (N-methyl/N-ethyl adjacent to an activating group) is 2. The second-order valence-corrected chi connectivity index (χ2v) is 5.78. The Morgan fingerprint density at radius 1 is 1.30 bits per heavy atom. The van der Waals surface area contributed by atoms with Crippen molar-refractivity contribution in [3.63, 3.8) is 0 Å². The molecular weight excluding hydrogens is 246 g/mol. The van der Waals surface area contributed by atoms with Crippen molar-refractivity contribution in [1.29, 1.82) is 0 Å². The Morgan fingerprint density at radius 3 is 2.65 bits per heavy atom. The highest BCUT2D eigenvalue weighted by atomic mass is 15.2. The average Bonchev–Trinajstić information content (AvgIpc) is 2.47. The Morgan fingerprint density at radius 2 is 2.05 bits per heavy atom. The van der Waals surface area contributed by atoms with Crippen LogP contribution in [0.25, 0.3) is 10.9 Å². The summed E-state index contributed by atoms with van der Waals surface area (Å²) in [6.45, 7) is 4.54. The summed E-state index contributed by atoms with van der Waals surface area (Å²) in [6.07, 6.45) is 2.93. The molecule has 3 heteroatoms. The molecule has 2 unspecified atom stereocenters. The van der Waals surface area contributed by atoms with Crippen molar-refractivity contribution in [1.82, 2.24) is 15.2 Å². The van der Waals surface area contributed by atoms with Crippen molar-refractivity contribution >= 4 is 10.9 Å². The maximum Gasteiger partial charge on any atom is 0.0705 e. The van der Waals surface area contributed by atoms with Gasteiger partial charge in [0.2, 0.25) is 0 Å². The molecule has 1 heterocycles. The van der Waals surface area contributed by atoms with E-state index in [0.717, 1.165) is 11.9 Å². The number of rotatable bonds is 5. The van der Waals surface area contributed by atoms with E-state index in [2.05, 4.69) is 67.4 Å².